The van der Waals surface area contributed by atoms with Crippen LogP contribution in [0.3, 0.4) is 0 Å². The van der Waals surface area contributed by atoms with Crippen LogP contribution in [-0.4, -0.2) is 21.1 Å². The fraction of sp³-hybridized carbons (Fsp3) is 0.161. The molecule has 1 amide bonds. The number of hydrogen-bond acceptors (Lipinski definition) is 4. The van der Waals surface area contributed by atoms with Crippen molar-refractivity contribution in [2.24, 2.45) is 0 Å². The predicted octanol–water partition coefficient (Wildman–Crippen LogP) is 6.27. The van der Waals surface area contributed by atoms with Crippen LogP contribution in [0.2, 0.25) is 0 Å². The number of aromatic nitrogens is 2. The van der Waals surface area contributed by atoms with E-state index >= 15 is 0 Å². The Bertz CT molecular complexity index is 1570. The summed E-state index contributed by atoms with van der Waals surface area (Å²) in [6.07, 6.45) is 2.28. The molecular formula is C31H28FN3O3. The first-order valence-corrected chi connectivity index (χ1v) is 12.3. The molecule has 192 valence electrons. The third-order valence-electron chi connectivity index (χ3n) is 6.45. The predicted molar refractivity (Wildman–Crippen MR) is 146 cm³/mol. The number of benzene rings is 3. The van der Waals surface area contributed by atoms with Crippen molar-refractivity contribution in [2.45, 2.75) is 32.6 Å². The van der Waals surface area contributed by atoms with Gasteiger partial charge in [-0.05, 0) is 66.9 Å². The second kappa shape index (κ2) is 10.5. The third-order valence-corrected chi connectivity index (χ3v) is 6.45. The highest BCUT2D eigenvalue weighted by Crippen LogP contribution is 2.43. The van der Waals surface area contributed by atoms with Crippen LogP contribution < -0.4 is 10.1 Å². The molecule has 0 bridgehead atoms. The van der Waals surface area contributed by atoms with Crippen molar-refractivity contribution in [3.05, 3.63) is 114 Å². The van der Waals surface area contributed by atoms with E-state index in [0.717, 1.165) is 27.6 Å². The lowest BCUT2D eigenvalue weighted by Gasteiger charge is -2.18. The van der Waals surface area contributed by atoms with Crippen molar-refractivity contribution in [2.75, 3.05) is 5.32 Å². The van der Waals surface area contributed by atoms with Crippen molar-refractivity contribution in [1.82, 2.24) is 9.55 Å². The monoisotopic (exact) mass is 509 g/mol. The molecule has 2 aromatic heterocycles. The Morgan fingerprint density at radius 3 is 2.47 bits per heavy atom. The van der Waals surface area contributed by atoms with E-state index in [1.54, 1.807) is 44.3 Å². The molecule has 2 N–H and O–H groups in total. The number of rotatable bonds is 9. The van der Waals surface area contributed by atoms with Gasteiger partial charge in [-0.25, -0.2) is 4.39 Å². The Morgan fingerprint density at radius 2 is 1.76 bits per heavy atom. The average molecular weight is 510 g/mol. The van der Waals surface area contributed by atoms with Crippen LogP contribution in [0.4, 0.5) is 10.1 Å². The van der Waals surface area contributed by atoms with Crippen molar-refractivity contribution < 1.29 is 19.0 Å². The highest BCUT2D eigenvalue weighted by molar-refractivity contribution is 5.98. The lowest BCUT2D eigenvalue weighted by Crippen LogP contribution is -2.15. The number of ether oxygens (including phenoxy) is 1. The van der Waals surface area contributed by atoms with Gasteiger partial charge in [0.25, 0.3) is 0 Å². The van der Waals surface area contributed by atoms with Gasteiger partial charge in [0.05, 0.1) is 16.8 Å². The molecule has 0 saturated heterocycles. The van der Waals surface area contributed by atoms with Crippen LogP contribution in [0.1, 0.15) is 30.5 Å². The maximum atomic E-state index is 13.7. The first kappa shape index (κ1) is 25.2. The minimum absolute atomic E-state index is 0.305. The number of nitrogens with one attached hydrogen (secondary N) is 1. The zero-order chi connectivity index (χ0) is 26.7. The molecule has 7 heteroatoms. The van der Waals surface area contributed by atoms with E-state index in [2.05, 4.69) is 14.9 Å². The molecule has 0 aliphatic carbocycles. The SMILES string of the molecule is CC(C)(O)c1ccc2c(c1)c(OCc1ccccc1)c(-c1ncccc1NC=O)n2Cc1ccc(F)cc1. The molecule has 0 spiro atoms. The van der Waals surface area contributed by atoms with Crippen LogP contribution >= 0.6 is 0 Å². The van der Waals surface area contributed by atoms with Crippen molar-refractivity contribution in [3.8, 4) is 17.1 Å². The second-order valence-electron chi connectivity index (χ2n) is 9.62. The van der Waals surface area contributed by atoms with Crippen LogP contribution in [0.15, 0.2) is 91.1 Å². The number of aliphatic hydroxyl groups is 1. The lowest BCUT2D eigenvalue weighted by atomic mass is 9.97. The van der Waals surface area contributed by atoms with Gasteiger partial charge in [-0.3, -0.25) is 9.78 Å². The molecule has 0 aliphatic heterocycles. The van der Waals surface area contributed by atoms with Gasteiger partial charge in [-0.15, -0.1) is 0 Å². The molecule has 6 nitrogen and oxygen atoms in total. The van der Waals surface area contributed by atoms with Gasteiger partial charge in [0, 0.05) is 18.1 Å². The summed E-state index contributed by atoms with van der Waals surface area (Å²) in [5.74, 6) is 0.264. The summed E-state index contributed by atoms with van der Waals surface area (Å²) in [4.78, 5) is 16.1. The number of carbonyl (C=O) groups excluding carboxylic acids is 1. The maximum Gasteiger partial charge on any atom is 0.211 e. The third kappa shape index (κ3) is 5.14. The summed E-state index contributed by atoms with van der Waals surface area (Å²) in [6.45, 7) is 4.18. The highest BCUT2D eigenvalue weighted by atomic mass is 19.1. The normalized spacial score (nSPS) is 11.5. The molecule has 0 radical (unpaired) electrons. The van der Waals surface area contributed by atoms with Gasteiger partial charge in [0.1, 0.15) is 23.8 Å². The first-order chi connectivity index (χ1) is 18.3. The van der Waals surface area contributed by atoms with Gasteiger partial charge < -0.3 is 19.7 Å². The molecule has 0 atom stereocenters. The minimum atomic E-state index is -1.07. The smallest absolute Gasteiger partial charge is 0.211 e. The average Bonchev–Trinajstić information content (AvgIpc) is 3.21. The quantitative estimate of drug-likeness (QED) is 0.230. The summed E-state index contributed by atoms with van der Waals surface area (Å²) in [6, 6.07) is 25.5. The molecule has 5 rings (SSSR count). The Hall–Kier alpha value is -4.49. The number of pyridine rings is 1. The van der Waals surface area contributed by atoms with Crippen LogP contribution in [-0.2, 0) is 23.5 Å². The van der Waals surface area contributed by atoms with E-state index < -0.39 is 5.60 Å². The summed E-state index contributed by atoms with van der Waals surface area (Å²) in [5.41, 5.74) is 4.10. The highest BCUT2D eigenvalue weighted by Gasteiger charge is 2.26. The zero-order valence-electron chi connectivity index (χ0n) is 21.2. The Morgan fingerprint density at radius 1 is 1.00 bits per heavy atom. The van der Waals surface area contributed by atoms with E-state index in [1.807, 2.05) is 48.5 Å². The standard InChI is InChI=1S/C31H28FN3O3/c1-31(2,37)23-12-15-27-25(17-23)30(38-19-22-7-4-3-5-8-22)29(28-26(34-20-36)9-6-16-33-28)35(27)18-21-10-13-24(32)14-11-21/h3-17,20,37H,18-19H2,1-2H3,(H,34,36). The van der Waals surface area contributed by atoms with Crippen molar-refractivity contribution in [1.29, 1.82) is 0 Å². The van der Waals surface area contributed by atoms with Gasteiger partial charge in [0.2, 0.25) is 6.41 Å². The van der Waals surface area contributed by atoms with E-state index in [-0.39, 0.29) is 5.82 Å². The summed E-state index contributed by atoms with van der Waals surface area (Å²) in [7, 11) is 0. The second-order valence-corrected chi connectivity index (χ2v) is 9.62. The minimum Gasteiger partial charge on any atom is -0.486 e. The fourth-order valence-corrected chi connectivity index (χ4v) is 4.53. The topological polar surface area (TPSA) is 76.4 Å². The Labute approximate surface area is 220 Å². The largest absolute Gasteiger partial charge is 0.486 e. The summed E-state index contributed by atoms with van der Waals surface area (Å²) >= 11 is 0. The van der Waals surface area contributed by atoms with Crippen LogP contribution in [0.25, 0.3) is 22.3 Å². The van der Waals surface area contributed by atoms with Crippen molar-refractivity contribution >= 4 is 23.0 Å². The first-order valence-electron chi connectivity index (χ1n) is 12.3. The van der Waals surface area contributed by atoms with E-state index in [9.17, 15) is 14.3 Å². The number of fused-ring (bicyclic) bond motifs is 1. The number of carbonyl (C=O) groups is 1. The molecule has 2 heterocycles. The maximum absolute atomic E-state index is 13.7. The van der Waals surface area contributed by atoms with E-state index in [4.69, 9.17) is 4.74 Å². The summed E-state index contributed by atoms with van der Waals surface area (Å²) in [5, 5.41) is 14.3. The molecule has 38 heavy (non-hydrogen) atoms. The molecule has 0 fully saturated rings. The van der Waals surface area contributed by atoms with E-state index in [0.29, 0.717) is 42.4 Å². The Kier molecular flexibility index (Phi) is 6.94. The number of hydrogen-bond donors (Lipinski definition) is 2. The fourth-order valence-electron chi connectivity index (χ4n) is 4.53. The van der Waals surface area contributed by atoms with Gasteiger partial charge in [-0.1, -0.05) is 48.5 Å². The zero-order valence-corrected chi connectivity index (χ0v) is 21.2. The number of amides is 1. The van der Waals surface area contributed by atoms with E-state index in [1.165, 1.54) is 12.1 Å². The number of halogens is 1. The molecule has 0 saturated carbocycles. The molecular weight excluding hydrogens is 481 g/mol. The lowest BCUT2D eigenvalue weighted by molar-refractivity contribution is -0.105. The number of anilines is 1. The van der Waals surface area contributed by atoms with Crippen LogP contribution in [0, 0.1) is 5.82 Å². The van der Waals surface area contributed by atoms with Gasteiger partial charge >= 0.3 is 0 Å². The summed E-state index contributed by atoms with van der Waals surface area (Å²) < 4.78 is 22.2. The molecule has 5 aromatic rings. The van der Waals surface area contributed by atoms with Gasteiger partial charge in [-0.2, -0.15) is 0 Å². The van der Waals surface area contributed by atoms with Crippen molar-refractivity contribution in [3.63, 3.8) is 0 Å². The number of nitrogens with zero attached hydrogens (tertiary/aromatic N) is 2. The Balaban J connectivity index is 1.78. The molecule has 3 aromatic carbocycles. The molecule has 0 aliphatic rings. The van der Waals surface area contributed by atoms with Gasteiger partial charge in [0.15, 0.2) is 5.75 Å². The van der Waals surface area contributed by atoms with Crippen LogP contribution in [0.5, 0.6) is 5.75 Å². The molecule has 0 unspecified atom stereocenters.